The molecule has 1 nitrogen and oxygen atoms in total. The van der Waals surface area contributed by atoms with Gasteiger partial charge in [0.1, 0.15) is 5.82 Å². The molecule has 0 spiro atoms. The van der Waals surface area contributed by atoms with Gasteiger partial charge in [-0.15, -0.1) is 0 Å². The summed E-state index contributed by atoms with van der Waals surface area (Å²) in [5.41, 5.74) is 3.13. The van der Waals surface area contributed by atoms with Crippen molar-refractivity contribution in [2.45, 2.75) is 13.8 Å². The van der Waals surface area contributed by atoms with Crippen LogP contribution in [0.15, 0.2) is 40.9 Å². The number of benzene rings is 2. The van der Waals surface area contributed by atoms with Crippen molar-refractivity contribution >= 4 is 21.7 Å². The maximum Gasteiger partial charge on any atom is 0.193 e. The number of hydrogen-bond donors (Lipinski definition) is 0. The maximum atomic E-state index is 13.4. The number of ketones is 1. The van der Waals surface area contributed by atoms with Crippen LogP contribution in [0.2, 0.25) is 0 Å². The third-order valence-corrected chi connectivity index (χ3v) is 3.59. The summed E-state index contributed by atoms with van der Waals surface area (Å²) >= 11 is 3.07. The molecule has 18 heavy (non-hydrogen) atoms. The lowest BCUT2D eigenvalue weighted by molar-refractivity contribution is 0.103. The van der Waals surface area contributed by atoms with E-state index in [9.17, 15) is 9.18 Å². The molecule has 0 aliphatic rings. The van der Waals surface area contributed by atoms with Crippen LogP contribution in [0.5, 0.6) is 0 Å². The molecule has 2 aromatic rings. The van der Waals surface area contributed by atoms with E-state index < -0.39 is 5.82 Å². The predicted octanol–water partition coefficient (Wildman–Crippen LogP) is 4.44. The summed E-state index contributed by atoms with van der Waals surface area (Å²) in [5.74, 6) is -0.589. The van der Waals surface area contributed by atoms with Gasteiger partial charge in [-0.1, -0.05) is 12.1 Å². The van der Waals surface area contributed by atoms with Gasteiger partial charge in [-0.05, 0) is 65.2 Å². The largest absolute Gasteiger partial charge is 0.289 e. The van der Waals surface area contributed by atoms with Gasteiger partial charge in [0, 0.05) is 11.1 Å². The molecule has 0 aliphatic carbocycles. The second-order valence-corrected chi connectivity index (χ2v) is 5.11. The van der Waals surface area contributed by atoms with E-state index in [-0.39, 0.29) is 5.78 Å². The van der Waals surface area contributed by atoms with Gasteiger partial charge in [-0.2, -0.15) is 0 Å². The van der Waals surface area contributed by atoms with Crippen LogP contribution in [0.25, 0.3) is 0 Å². The number of rotatable bonds is 2. The number of halogens is 2. The molecule has 0 bridgehead atoms. The van der Waals surface area contributed by atoms with Crippen molar-refractivity contribution < 1.29 is 9.18 Å². The summed E-state index contributed by atoms with van der Waals surface area (Å²) in [6.07, 6.45) is 0. The number of carbonyl (C=O) groups is 1. The van der Waals surface area contributed by atoms with E-state index in [0.29, 0.717) is 15.6 Å². The van der Waals surface area contributed by atoms with E-state index in [1.807, 2.05) is 26.0 Å². The SMILES string of the molecule is Cc1ccc(C(=O)c2ccc(Br)c(F)c2)cc1C. The molecule has 0 saturated carbocycles. The summed E-state index contributed by atoms with van der Waals surface area (Å²) in [6.45, 7) is 3.94. The van der Waals surface area contributed by atoms with Crippen LogP contribution in [0.4, 0.5) is 4.39 Å². The zero-order valence-electron chi connectivity index (χ0n) is 10.1. The van der Waals surface area contributed by atoms with Gasteiger partial charge in [0.2, 0.25) is 0 Å². The zero-order valence-corrected chi connectivity index (χ0v) is 11.7. The molecule has 0 fully saturated rings. The first-order valence-electron chi connectivity index (χ1n) is 5.56. The third kappa shape index (κ3) is 2.51. The van der Waals surface area contributed by atoms with Crippen molar-refractivity contribution in [2.24, 2.45) is 0 Å². The Hall–Kier alpha value is -1.48. The Bertz CT molecular complexity index is 566. The Morgan fingerprint density at radius 2 is 1.61 bits per heavy atom. The minimum atomic E-state index is -0.426. The fourth-order valence-corrected chi connectivity index (χ4v) is 1.93. The predicted molar refractivity (Wildman–Crippen MR) is 73.4 cm³/mol. The molecular formula is C15H12BrFO. The molecule has 92 valence electrons. The van der Waals surface area contributed by atoms with E-state index in [1.165, 1.54) is 6.07 Å². The second kappa shape index (κ2) is 5.02. The lowest BCUT2D eigenvalue weighted by Crippen LogP contribution is -2.02. The van der Waals surface area contributed by atoms with Crippen LogP contribution in [0.1, 0.15) is 27.0 Å². The van der Waals surface area contributed by atoms with E-state index in [4.69, 9.17) is 0 Å². The number of aryl methyl sites for hydroxylation is 2. The molecular weight excluding hydrogens is 295 g/mol. The molecule has 0 N–H and O–H groups in total. The van der Waals surface area contributed by atoms with Gasteiger partial charge in [0.05, 0.1) is 4.47 Å². The highest BCUT2D eigenvalue weighted by molar-refractivity contribution is 9.10. The van der Waals surface area contributed by atoms with Crippen molar-refractivity contribution in [2.75, 3.05) is 0 Å². The van der Waals surface area contributed by atoms with Crippen molar-refractivity contribution in [1.29, 1.82) is 0 Å². The summed E-state index contributed by atoms with van der Waals surface area (Å²) in [7, 11) is 0. The van der Waals surface area contributed by atoms with Crippen LogP contribution in [0.3, 0.4) is 0 Å². The minimum absolute atomic E-state index is 0.162. The molecule has 0 amide bonds. The monoisotopic (exact) mass is 306 g/mol. The van der Waals surface area contributed by atoms with Gasteiger partial charge in [-0.25, -0.2) is 4.39 Å². The smallest absolute Gasteiger partial charge is 0.193 e. The Kier molecular flexibility index (Phi) is 3.62. The molecule has 0 radical (unpaired) electrons. The summed E-state index contributed by atoms with van der Waals surface area (Å²) in [5, 5.41) is 0. The highest BCUT2D eigenvalue weighted by Crippen LogP contribution is 2.19. The van der Waals surface area contributed by atoms with Gasteiger partial charge in [0.15, 0.2) is 5.78 Å². The van der Waals surface area contributed by atoms with Crippen LogP contribution in [-0.2, 0) is 0 Å². The highest BCUT2D eigenvalue weighted by atomic mass is 79.9. The molecule has 2 aromatic carbocycles. The molecule has 0 heterocycles. The normalized spacial score (nSPS) is 10.4. The third-order valence-electron chi connectivity index (χ3n) is 2.95. The molecule has 0 saturated heterocycles. The molecule has 2 rings (SSSR count). The average Bonchev–Trinajstić information content (AvgIpc) is 2.35. The van der Waals surface area contributed by atoms with Gasteiger partial charge < -0.3 is 0 Å². The van der Waals surface area contributed by atoms with Gasteiger partial charge in [-0.3, -0.25) is 4.79 Å². The van der Waals surface area contributed by atoms with Crippen molar-refractivity contribution in [3.63, 3.8) is 0 Å². The Morgan fingerprint density at radius 3 is 2.22 bits per heavy atom. The fourth-order valence-electron chi connectivity index (χ4n) is 1.69. The quantitative estimate of drug-likeness (QED) is 0.750. The first-order valence-corrected chi connectivity index (χ1v) is 6.35. The van der Waals surface area contributed by atoms with Gasteiger partial charge >= 0.3 is 0 Å². The van der Waals surface area contributed by atoms with Crippen molar-refractivity contribution in [3.05, 3.63) is 68.9 Å². The Balaban J connectivity index is 2.41. The zero-order chi connectivity index (χ0) is 13.3. The van der Waals surface area contributed by atoms with E-state index in [2.05, 4.69) is 15.9 Å². The molecule has 0 unspecified atom stereocenters. The summed E-state index contributed by atoms with van der Waals surface area (Å²) < 4.78 is 13.8. The molecule has 0 aliphatic heterocycles. The van der Waals surface area contributed by atoms with E-state index in [0.717, 1.165) is 11.1 Å². The maximum absolute atomic E-state index is 13.4. The molecule has 3 heteroatoms. The average molecular weight is 307 g/mol. The topological polar surface area (TPSA) is 17.1 Å². The van der Waals surface area contributed by atoms with Crippen molar-refractivity contribution in [1.82, 2.24) is 0 Å². The van der Waals surface area contributed by atoms with E-state index in [1.54, 1.807) is 18.2 Å². The first kappa shape index (κ1) is 13.0. The van der Waals surface area contributed by atoms with E-state index >= 15 is 0 Å². The molecule has 0 atom stereocenters. The first-order chi connectivity index (χ1) is 8.49. The summed E-state index contributed by atoms with van der Waals surface area (Å²) in [4.78, 5) is 12.2. The van der Waals surface area contributed by atoms with Crippen LogP contribution < -0.4 is 0 Å². The number of hydrogen-bond acceptors (Lipinski definition) is 1. The summed E-state index contributed by atoms with van der Waals surface area (Å²) in [6, 6.07) is 9.91. The van der Waals surface area contributed by atoms with Crippen LogP contribution in [0, 0.1) is 19.7 Å². The van der Waals surface area contributed by atoms with Crippen molar-refractivity contribution in [3.8, 4) is 0 Å². The van der Waals surface area contributed by atoms with Crippen LogP contribution in [-0.4, -0.2) is 5.78 Å². The highest BCUT2D eigenvalue weighted by Gasteiger charge is 2.11. The lowest BCUT2D eigenvalue weighted by atomic mass is 9.99. The second-order valence-electron chi connectivity index (χ2n) is 4.26. The standard InChI is InChI=1S/C15H12BrFO/c1-9-3-4-11(7-10(9)2)15(18)12-5-6-13(16)14(17)8-12/h3-8H,1-2H3. The minimum Gasteiger partial charge on any atom is -0.289 e. The lowest BCUT2D eigenvalue weighted by Gasteiger charge is -2.05. The van der Waals surface area contributed by atoms with Crippen LogP contribution >= 0.6 is 15.9 Å². The Morgan fingerprint density at radius 1 is 1.00 bits per heavy atom. The number of carbonyl (C=O) groups excluding carboxylic acids is 1. The fraction of sp³-hybridized carbons (Fsp3) is 0.133. The molecule has 0 aromatic heterocycles. The Labute approximate surface area is 114 Å². The van der Waals surface area contributed by atoms with Gasteiger partial charge in [0.25, 0.3) is 0 Å².